The highest BCUT2D eigenvalue weighted by atomic mass is 127. The van der Waals surface area contributed by atoms with Crippen molar-refractivity contribution in [1.82, 2.24) is 15.3 Å². The van der Waals surface area contributed by atoms with Gasteiger partial charge in [0.15, 0.2) is 0 Å². The lowest BCUT2D eigenvalue weighted by molar-refractivity contribution is -0.104. The summed E-state index contributed by atoms with van der Waals surface area (Å²) < 4.78 is 7.33. The lowest BCUT2D eigenvalue weighted by atomic mass is 9.68. The molecule has 4 rings (SSSR count). The zero-order chi connectivity index (χ0) is 19.5. The first-order valence-corrected chi connectivity index (χ1v) is 11.6. The van der Waals surface area contributed by atoms with Gasteiger partial charge in [0, 0.05) is 36.7 Å². The van der Waals surface area contributed by atoms with Crippen LogP contribution in [0, 0.1) is 3.57 Å². The molecule has 0 aromatic carbocycles. The minimum atomic E-state index is 0.0754. The normalized spacial score (nSPS) is 23.9. The van der Waals surface area contributed by atoms with Crippen molar-refractivity contribution in [2.75, 3.05) is 13.2 Å². The highest BCUT2D eigenvalue weighted by molar-refractivity contribution is 14.1. The molecule has 0 amide bonds. The Morgan fingerprint density at radius 2 is 2.04 bits per heavy atom. The van der Waals surface area contributed by atoms with E-state index < -0.39 is 0 Å². The fraction of sp³-hybridized carbons (Fsp3) is 0.545. The molecule has 1 aliphatic carbocycles. The molecule has 3 heterocycles. The predicted molar refractivity (Wildman–Crippen MR) is 121 cm³/mol. The van der Waals surface area contributed by atoms with Crippen LogP contribution >= 0.6 is 34.2 Å². The van der Waals surface area contributed by atoms with Gasteiger partial charge in [0.25, 0.3) is 0 Å². The van der Waals surface area contributed by atoms with Crippen LogP contribution in [-0.2, 0) is 16.7 Å². The fourth-order valence-corrected chi connectivity index (χ4v) is 5.56. The summed E-state index contributed by atoms with van der Waals surface area (Å²) in [6.45, 7) is 2.60. The van der Waals surface area contributed by atoms with Crippen molar-refractivity contribution in [2.24, 2.45) is 0 Å². The quantitative estimate of drug-likeness (QED) is 0.326. The van der Waals surface area contributed by atoms with Gasteiger partial charge in [-0.3, -0.25) is 4.98 Å². The summed E-state index contributed by atoms with van der Waals surface area (Å²) in [6, 6.07) is 8.43. The third-order valence-corrected chi connectivity index (χ3v) is 7.78. The van der Waals surface area contributed by atoms with E-state index >= 15 is 0 Å². The van der Waals surface area contributed by atoms with Crippen LogP contribution in [0.1, 0.15) is 56.2 Å². The van der Waals surface area contributed by atoms with Crippen molar-refractivity contribution in [3.63, 3.8) is 0 Å². The molecular formula is C22H27ClIN3O. The van der Waals surface area contributed by atoms with Crippen molar-refractivity contribution in [3.8, 4) is 0 Å². The number of pyridine rings is 2. The highest BCUT2D eigenvalue weighted by Crippen LogP contribution is 2.49. The first-order chi connectivity index (χ1) is 13.6. The van der Waals surface area contributed by atoms with Crippen LogP contribution in [0.25, 0.3) is 0 Å². The first kappa shape index (κ1) is 20.5. The molecule has 6 heteroatoms. The maximum Gasteiger partial charge on any atom is 0.142 e. The standard InChI is InChI=1S/C22H27ClIN3O/c23-20-18(24)13-17(15-27-20)14-25-11-8-21(19-5-1-4-10-26-19)9-12-28-22(16-21)6-2-3-7-22/h1,4-5,10,13,15,25H,2-3,6-9,11-12,14,16H2/t21-/m1/s1. The number of nitrogens with zero attached hydrogens (tertiary/aromatic N) is 2. The molecule has 0 bridgehead atoms. The summed E-state index contributed by atoms with van der Waals surface area (Å²) in [4.78, 5) is 9.03. The largest absolute Gasteiger partial charge is 0.375 e. The van der Waals surface area contributed by atoms with Gasteiger partial charge in [0.2, 0.25) is 0 Å². The number of aromatic nitrogens is 2. The Labute approximate surface area is 186 Å². The van der Waals surface area contributed by atoms with Gasteiger partial charge in [-0.25, -0.2) is 4.98 Å². The summed E-state index contributed by atoms with van der Waals surface area (Å²) in [5.41, 5.74) is 2.57. The van der Waals surface area contributed by atoms with E-state index in [1.54, 1.807) is 0 Å². The molecule has 28 heavy (non-hydrogen) atoms. The van der Waals surface area contributed by atoms with Crippen LogP contribution < -0.4 is 5.32 Å². The molecular weight excluding hydrogens is 485 g/mol. The maximum absolute atomic E-state index is 6.33. The lowest BCUT2D eigenvalue weighted by Crippen LogP contribution is -2.47. The molecule has 1 spiro atoms. The van der Waals surface area contributed by atoms with Crippen LogP contribution in [0.4, 0.5) is 0 Å². The number of hydrogen-bond acceptors (Lipinski definition) is 4. The molecule has 1 aliphatic heterocycles. The molecule has 150 valence electrons. The second-order valence-corrected chi connectivity index (χ2v) is 9.72. The van der Waals surface area contributed by atoms with Gasteiger partial charge in [0.05, 0.1) is 9.17 Å². The van der Waals surface area contributed by atoms with Crippen LogP contribution in [-0.4, -0.2) is 28.7 Å². The molecule has 2 fully saturated rings. The Balaban J connectivity index is 1.45. The third-order valence-electron chi connectivity index (χ3n) is 6.33. The van der Waals surface area contributed by atoms with E-state index in [0.717, 1.165) is 42.5 Å². The Morgan fingerprint density at radius 3 is 2.79 bits per heavy atom. The molecule has 1 atom stereocenters. The zero-order valence-electron chi connectivity index (χ0n) is 16.1. The van der Waals surface area contributed by atoms with Crippen molar-refractivity contribution < 1.29 is 4.74 Å². The van der Waals surface area contributed by atoms with E-state index in [1.807, 2.05) is 18.5 Å². The van der Waals surface area contributed by atoms with Gasteiger partial charge in [-0.15, -0.1) is 0 Å². The minimum absolute atomic E-state index is 0.0754. The van der Waals surface area contributed by atoms with Gasteiger partial charge in [0.1, 0.15) is 5.15 Å². The molecule has 1 N–H and O–H groups in total. The van der Waals surface area contributed by atoms with Gasteiger partial charge in [-0.2, -0.15) is 0 Å². The van der Waals surface area contributed by atoms with E-state index in [0.29, 0.717) is 5.15 Å². The Bertz CT molecular complexity index is 798. The molecule has 2 aromatic heterocycles. The molecule has 4 nitrogen and oxygen atoms in total. The predicted octanol–water partition coefficient (Wildman–Crippen LogP) is 5.28. The minimum Gasteiger partial charge on any atom is -0.375 e. The van der Waals surface area contributed by atoms with Gasteiger partial charge < -0.3 is 10.1 Å². The number of nitrogens with one attached hydrogen (secondary N) is 1. The van der Waals surface area contributed by atoms with E-state index in [4.69, 9.17) is 21.3 Å². The summed E-state index contributed by atoms with van der Waals surface area (Å²) in [5, 5.41) is 4.19. The van der Waals surface area contributed by atoms with Crippen LogP contribution in [0.3, 0.4) is 0 Å². The van der Waals surface area contributed by atoms with Gasteiger partial charge in [-0.1, -0.05) is 30.5 Å². The lowest BCUT2D eigenvalue weighted by Gasteiger charge is -2.46. The summed E-state index contributed by atoms with van der Waals surface area (Å²) in [7, 11) is 0. The SMILES string of the molecule is Clc1ncc(CNCC[C@@]2(c3ccccn3)CCOC3(CCCC3)C2)cc1I. The second-order valence-electron chi connectivity index (χ2n) is 8.20. The number of hydrogen-bond donors (Lipinski definition) is 1. The summed E-state index contributed by atoms with van der Waals surface area (Å²) >= 11 is 8.26. The molecule has 1 saturated heterocycles. The average Bonchev–Trinajstić information content (AvgIpc) is 3.16. The second kappa shape index (κ2) is 8.94. The van der Waals surface area contributed by atoms with Crippen LogP contribution in [0.5, 0.6) is 0 Å². The molecule has 0 unspecified atom stereocenters. The molecule has 1 saturated carbocycles. The molecule has 2 aromatic rings. The maximum atomic E-state index is 6.33. The Hall–Kier alpha value is -0.760. The zero-order valence-corrected chi connectivity index (χ0v) is 19.0. The van der Waals surface area contributed by atoms with Gasteiger partial charge >= 0.3 is 0 Å². The van der Waals surface area contributed by atoms with E-state index in [1.165, 1.54) is 36.9 Å². The third kappa shape index (κ3) is 4.53. The smallest absolute Gasteiger partial charge is 0.142 e. The van der Waals surface area contributed by atoms with Crippen LogP contribution in [0.2, 0.25) is 5.15 Å². The van der Waals surface area contributed by atoms with E-state index in [2.05, 4.69) is 51.1 Å². The van der Waals surface area contributed by atoms with E-state index in [-0.39, 0.29) is 11.0 Å². The van der Waals surface area contributed by atoms with Gasteiger partial charge in [-0.05, 0) is 85.0 Å². The number of ether oxygens (including phenoxy) is 1. The highest BCUT2D eigenvalue weighted by Gasteiger charge is 2.48. The fourth-order valence-electron chi connectivity index (χ4n) is 4.91. The first-order valence-electron chi connectivity index (χ1n) is 10.2. The average molecular weight is 512 g/mol. The number of halogens is 2. The van der Waals surface area contributed by atoms with Crippen molar-refractivity contribution >= 4 is 34.2 Å². The monoisotopic (exact) mass is 511 g/mol. The summed E-state index contributed by atoms with van der Waals surface area (Å²) in [6.07, 6.45) is 12.0. The number of rotatable bonds is 6. The van der Waals surface area contributed by atoms with E-state index in [9.17, 15) is 0 Å². The van der Waals surface area contributed by atoms with Crippen molar-refractivity contribution in [2.45, 2.75) is 62.5 Å². The molecule has 0 radical (unpaired) electrons. The molecule has 2 aliphatic rings. The Kier molecular flexibility index (Phi) is 6.55. The van der Waals surface area contributed by atoms with Crippen molar-refractivity contribution in [1.29, 1.82) is 0 Å². The van der Waals surface area contributed by atoms with Crippen LogP contribution in [0.15, 0.2) is 36.7 Å². The summed E-state index contributed by atoms with van der Waals surface area (Å²) in [5.74, 6) is 0. The Morgan fingerprint density at radius 1 is 1.18 bits per heavy atom. The topological polar surface area (TPSA) is 47.0 Å². The van der Waals surface area contributed by atoms with Crippen molar-refractivity contribution in [3.05, 3.63) is 56.6 Å².